The summed E-state index contributed by atoms with van der Waals surface area (Å²) in [5.41, 5.74) is 0. The van der Waals surface area contributed by atoms with Crippen LogP contribution in [0.4, 0.5) is 0 Å². The molecule has 1 heterocycles. The second kappa shape index (κ2) is 4.21. The zero-order chi connectivity index (χ0) is 8.97. The number of nitrogens with one attached hydrogen (secondary N) is 1. The molecule has 12 heavy (non-hydrogen) atoms. The van der Waals surface area contributed by atoms with Crippen LogP contribution in [-0.2, 0) is 13.0 Å². The summed E-state index contributed by atoms with van der Waals surface area (Å²) in [6.07, 6.45) is 0.800. The van der Waals surface area contributed by atoms with Crippen molar-refractivity contribution in [3.8, 4) is 0 Å². The predicted octanol–water partition coefficient (Wildman–Crippen LogP) is 1.13. The molecule has 0 atom stereocenters. The minimum atomic E-state index is 0.446. The molecule has 0 saturated heterocycles. The third-order valence-corrected chi connectivity index (χ3v) is 1.47. The van der Waals surface area contributed by atoms with Gasteiger partial charge in [-0.25, -0.2) is 0 Å². The SMILES string of the molecule is CCc1nnc(CNC(C)C)o1. The highest BCUT2D eigenvalue weighted by atomic mass is 16.4. The van der Waals surface area contributed by atoms with Crippen molar-refractivity contribution in [3.05, 3.63) is 11.8 Å². The van der Waals surface area contributed by atoms with E-state index in [0.717, 1.165) is 6.42 Å². The molecule has 0 aliphatic rings. The van der Waals surface area contributed by atoms with Gasteiger partial charge < -0.3 is 9.73 Å². The molecule has 0 spiro atoms. The number of hydrogen-bond acceptors (Lipinski definition) is 4. The lowest BCUT2D eigenvalue weighted by atomic mass is 10.4. The van der Waals surface area contributed by atoms with Gasteiger partial charge in [-0.3, -0.25) is 0 Å². The van der Waals surface area contributed by atoms with Gasteiger partial charge in [0.2, 0.25) is 11.8 Å². The monoisotopic (exact) mass is 169 g/mol. The van der Waals surface area contributed by atoms with Gasteiger partial charge in [0.05, 0.1) is 6.54 Å². The standard InChI is InChI=1S/C8H15N3O/c1-4-7-10-11-8(12-7)5-9-6(2)3/h6,9H,4-5H2,1-3H3. The normalized spacial score (nSPS) is 11.0. The summed E-state index contributed by atoms with van der Waals surface area (Å²) >= 11 is 0. The van der Waals surface area contributed by atoms with E-state index in [1.807, 2.05) is 6.92 Å². The van der Waals surface area contributed by atoms with E-state index < -0.39 is 0 Å². The van der Waals surface area contributed by atoms with Gasteiger partial charge >= 0.3 is 0 Å². The zero-order valence-electron chi connectivity index (χ0n) is 7.79. The number of hydrogen-bond donors (Lipinski definition) is 1. The van der Waals surface area contributed by atoms with E-state index in [0.29, 0.717) is 24.4 Å². The highest BCUT2D eigenvalue weighted by molar-refractivity contribution is 4.80. The molecular formula is C8H15N3O. The van der Waals surface area contributed by atoms with Crippen LogP contribution in [0.15, 0.2) is 4.42 Å². The van der Waals surface area contributed by atoms with Crippen molar-refractivity contribution < 1.29 is 4.42 Å². The second-order valence-electron chi connectivity index (χ2n) is 2.98. The Bertz CT molecular complexity index is 232. The fraction of sp³-hybridized carbons (Fsp3) is 0.750. The summed E-state index contributed by atoms with van der Waals surface area (Å²) in [5, 5.41) is 10.9. The summed E-state index contributed by atoms with van der Waals surface area (Å²) in [5.74, 6) is 1.37. The minimum Gasteiger partial charge on any atom is -0.424 e. The van der Waals surface area contributed by atoms with Crippen molar-refractivity contribution in [2.75, 3.05) is 0 Å². The number of nitrogens with zero attached hydrogens (tertiary/aromatic N) is 2. The highest BCUT2D eigenvalue weighted by Crippen LogP contribution is 1.99. The molecular weight excluding hydrogens is 154 g/mol. The van der Waals surface area contributed by atoms with Crippen LogP contribution < -0.4 is 5.32 Å². The van der Waals surface area contributed by atoms with Crippen LogP contribution in [0.5, 0.6) is 0 Å². The molecule has 1 aromatic heterocycles. The molecule has 1 aromatic rings. The van der Waals surface area contributed by atoms with E-state index in [9.17, 15) is 0 Å². The van der Waals surface area contributed by atoms with Crippen LogP contribution in [0, 0.1) is 0 Å². The molecule has 0 aromatic carbocycles. The maximum Gasteiger partial charge on any atom is 0.230 e. The molecule has 0 bridgehead atoms. The van der Waals surface area contributed by atoms with Crippen LogP contribution in [0.3, 0.4) is 0 Å². The summed E-state index contributed by atoms with van der Waals surface area (Å²) in [6.45, 7) is 6.81. The van der Waals surface area contributed by atoms with Crippen molar-refractivity contribution in [2.24, 2.45) is 0 Å². The summed E-state index contributed by atoms with van der Waals surface area (Å²) in [7, 11) is 0. The Hall–Kier alpha value is -0.900. The van der Waals surface area contributed by atoms with Gasteiger partial charge in [0.15, 0.2) is 0 Å². The van der Waals surface area contributed by atoms with E-state index >= 15 is 0 Å². The van der Waals surface area contributed by atoms with Crippen LogP contribution >= 0.6 is 0 Å². The van der Waals surface area contributed by atoms with Crippen molar-refractivity contribution in [1.82, 2.24) is 15.5 Å². The summed E-state index contributed by atoms with van der Waals surface area (Å²) in [6, 6.07) is 0.446. The van der Waals surface area contributed by atoms with Gasteiger partial charge in [0, 0.05) is 12.5 Å². The van der Waals surface area contributed by atoms with Gasteiger partial charge in [0.25, 0.3) is 0 Å². The third kappa shape index (κ3) is 2.62. The van der Waals surface area contributed by atoms with Crippen LogP contribution in [-0.4, -0.2) is 16.2 Å². The van der Waals surface area contributed by atoms with E-state index in [4.69, 9.17) is 4.42 Å². The average molecular weight is 169 g/mol. The molecule has 0 aliphatic heterocycles. The Morgan fingerprint density at radius 2 is 2.00 bits per heavy atom. The largest absolute Gasteiger partial charge is 0.424 e. The first-order chi connectivity index (χ1) is 5.72. The van der Waals surface area contributed by atoms with Crippen LogP contribution in [0.1, 0.15) is 32.6 Å². The fourth-order valence-corrected chi connectivity index (χ4v) is 0.794. The molecule has 0 amide bonds. The topological polar surface area (TPSA) is 51.0 Å². The van der Waals surface area contributed by atoms with E-state index in [1.165, 1.54) is 0 Å². The average Bonchev–Trinajstić information content (AvgIpc) is 2.48. The minimum absolute atomic E-state index is 0.446. The van der Waals surface area contributed by atoms with Crippen molar-refractivity contribution in [1.29, 1.82) is 0 Å². The van der Waals surface area contributed by atoms with Gasteiger partial charge in [-0.15, -0.1) is 10.2 Å². The first kappa shape index (κ1) is 9.19. The van der Waals surface area contributed by atoms with E-state index in [1.54, 1.807) is 0 Å². The van der Waals surface area contributed by atoms with Gasteiger partial charge in [-0.1, -0.05) is 20.8 Å². The highest BCUT2D eigenvalue weighted by Gasteiger charge is 2.03. The van der Waals surface area contributed by atoms with Crippen LogP contribution in [0.2, 0.25) is 0 Å². The molecule has 4 nitrogen and oxygen atoms in total. The predicted molar refractivity (Wildman–Crippen MR) is 45.7 cm³/mol. The number of aromatic nitrogens is 2. The van der Waals surface area contributed by atoms with Gasteiger partial charge in [0.1, 0.15) is 0 Å². The Morgan fingerprint density at radius 1 is 1.33 bits per heavy atom. The molecule has 0 radical (unpaired) electrons. The van der Waals surface area contributed by atoms with Gasteiger partial charge in [-0.2, -0.15) is 0 Å². The summed E-state index contributed by atoms with van der Waals surface area (Å²) in [4.78, 5) is 0. The zero-order valence-corrected chi connectivity index (χ0v) is 7.79. The molecule has 4 heteroatoms. The molecule has 0 saturated carbocycles. The molecule has 0 unspecified atom stereocenters. The molecule has 0 aliphatic carbocycles. The van der Waals surface area contributed by atoms with Crippen molar-refractivity contribution >= 4 is 0 Å². The number of aryl methyl sites for hydroxylation is 1. The number of rotatable bonds is 4. The Balaban J connectivity index is 2.41. The lowest BCUT2D eigenvalue weighted by Crippen LogP contribution is -2.21. The second-order valence-corrected chi connectivity index (χ2v) is 2.98. The van der Waals surface area contributed by atoms with Crippen molar-refractivity contribution in [2.45, 2.75) is 39.8 Å². The lowest BCUT2D eigenvalue weighted by Gasteiger charge is -2.03. The third-order valence-electron chi connectivity index (χ3n) is 1.47. The Morgan fingerprint density at radius 3 is 2.50 bits per heavy atom. The molecule has 1 N–H and O–H groups in total. The maximum atomic E-state index is 5.30. The smallest absolute Gasteiger partial charge is 0.230 e. The quantitative estimate of drug-likeness (QED) is 0.734. The Kier molecular flexibility index (Phi) is 3.22. The fourth-order valence-electron chi connectivity index (χ4n) is 0.794. The molecule has 68 valence electrons. The molecule has 1 rings (SSSR count). The van der Waals surface area contributed by atoms with E-state index in [-0.39, 0.29) is 0 Å². The first-order valence-electron chi connectivity index (χ1n) is 4.27. The van der Waals surface area contributed by atoms with E-state index in [2.05, 4.69) is 29.4 Å². The maximum absolute atomic E-state index is 5.30. The Labute approximate surface area is 72.4 Å². The van der Waals surface area contributed by atoms with Gasteiger partial charge in [-0.05, 0) is 0 Å². The van der Waals surface area contributed by atoms with Crippen LogP contribution in [0.25, 0.3) is 0 Å². The van der Waals surface area contributed by atoms with Crippen molar-refractivity contribution in [3.63, 3.8) is 0 Å². The first-order valence-corrected chi connectivity index (χ1v) is 4.27. The lowest BCUT2D eigenvalue weighted by molar-refractivity contribution is 0.424. The summed E-state index contributed by atoms with van der Waals surface area (Å²) < 4.78 is 5.30. The molecule has 0 fully saturated rings.